The van der Waals surface area contributed by atoms with E-state index in [1.807, 2.05) is 73.7 Å². The van der Waals surface area contributed by atoms with Crippen LogP contribution >= 0.6 is 0 Å². The van der Waals surface area contributed by atoms with Gasteiger partial charge in [-0.15, -0.1) is 5.10 Å². The lowest BCUT2D eigenvalue weighted by Gasteiger charge is -2.31. The van der Waals surface area contributed by atoms with Gasteiger partial charge in [0.1, 0.15) is 13.2 Å². The van der Waals surface area contributed by atoms with Crippen LogP contribution in [-0.4, -0.2) is 85.6 Å². The summed E-state index contributed by atoms with van der Waals surface area (Å²) in [4.78, 5) is 44.9. The normalized spacial score (nSPS) is 24.4. The molecule has 15 heteroatoms. The molecule has 0 saturated carbocycles. The number of hydrogen-bond donors (Lipinski definition) is 1. The molecule has 4 aromatic rings. The molecule has 3 amide bonds. The molecule has 3 aromatic carbocycles. The maximum absolute atomic E-state index is 16.6. The number of aromatic nitrogens is 3. The van der Waals surface area contributed by atoms with Crippen LogP contribution in [0.25, 0.3) is 0 Å². The molecule has 5 heterocycles. The van der Waals surface area contributed by atoms with Gasteiger partial charge in [-0.3, -0.25) is 19.3 Å². The van der Waals surface area contributed by atoms with E-state index in [0.717, 1.165) is 11.1 Å². The zero-order chi connectivity index (χ0) is 37.8. The van der Waals surface area contributed by atoms with Gasteiger partial charge in [0.2, 0.25) is 8.41 Å². The summed E-state index contributed by atoms with van der Waals surface area (Å²) in [6.45, 7) is 6.96. The number of cyclic esters (lactones) is 2. The zero-order valence-corrected chi connectivity index (χ0v) is 31.4. The molecule has 0 radical (unpaired) electrons. The van der Waals surface area contributed by atoms with Gasteiger partial charge in [0.05, 0.1) is 49.6 Å². The standard InChI is InChI=1S/C39H43FN6O7Si/c1-25-35(54(2,3)40)34(14-15-43-23-32(41-42-43)30(24-47)27-9-5-4-6-10-27)53-39(25)31-21-29(45-17-19-52-38(45)50)12-13-33(31)46(36(39)48)22-26-8-7-11-28(20-26)44-16-18-51-37(44)49/h4-13,20-21,23,25,30,34-35,47H,14-19,22,24H2,1-3H3/t25-,30?,34+,35-,39+/m0/s1. The Morgan fingerprint density at radius 3 is 2.30 bits per heavy atom. The van der Waals surface area contributed by atoms with Crippen molar-refractivity contribution in [3.05, 3.63) is 101 Å². The second-order valence-corrected chi connectivity index (χ2v) is 18.7. The molecule has 282 valence electrons. The number of amides is 3. The fourth-order valence-corrected chi connectivity index (χ4v) is 11.3. The van der Waals surface area contributed by atoms with Gasteiger partial charge < -0.3 is 28.3 Å². The number of ether oxygens (including phenoxy) is 3. The number of fused-ring (bicyclic) bond motifs is 2. The Hall–Kier alpha value is -5.12. The molecule has 3 saturated heterocycles. The fourth-order valence-electron chi connectivity index (χ4n) is 8.79. The van der Waals surface area contributed by atoms with Gasteiger partial charge in [-0.1, -0.05) is 54.6 Å². The molecule has 4 aliphatic rings. The highest BCUT2D eigenvalue weighted by atomic mass is 28.4. The Balaban J connectivity index is 1.13. The average molecular weight is 755 g/mol. The largest absolute Gasteiger partial charge is 0.447 e. The highest BCUT2D eigenvalue weighted by molar-refractivity contribution is 6.72. The molecule has 1 spiro atoms. The second kappa shape index (κ2) is 13.9. The summed E-state index contributed by atoms with van der Waals surface area (Å²) in [7, 11) is -3.48. The first kappa shape index (κ1) is 35.9. The first-order chi connectivity index (χ1) is 26.0. The van der Waals surface area contributed by atoms with Crippen LogP contribution in [0.3, 0.4) is 0 Å². The molecular weight excluding hydrogens is 712 g/mol. The van der Waals surface area contributed by atoms with Crippen molar-refractivity contribution >= 4 is 43.6 Å². The van der Waals surface area contributed by atoms with E-state index in [1.54, 1.807) is 39.8 Å². The Labute approximate surface area is 313 Å². The van der Waals surface area contributed by atoms with E-state index >= 15 is 8.90 Å². The van der Waals surface area contributed by atoms with Gasteiger partial charge in [-0.25, -0.2) is 9.59 Å². The van der Waals surface area contributed by atoms with Crippen LogP contribution in [-0.2, 0) is 37.7 Å². The third-order valence-electron chi connectivity index (χ3n) is 11.3. The molecule has 0 bridgehead atoms. The van der Waals surface area contributed by atoms with E-state index in [2.05, 4.69) is 10.3 Å². The average Bonchev–Trinajstić information content (AvgIpc) is 3.99. The van der Waals surface area contributed by atoms with Gasteiger partial charge in [-0.2, -0.15) is 0 Å². The minimum Gasteiger partial charge on any atom is -0.447 e. The van der Waals surface area contributed by atoms with Crippen molar-refractivity contribution in [1.29, 1.82) is 0 Å². The van der Waals surface area contributed by atoms with Gasteiger partial charge in [0.25, 0.3) is 5.91 Å². The van der Waals surface area contributed by atoms with Crippen LogP contribution in [0.4, 0.5) is 30.8 Å². The van der Waals surface area contributed by atoms with E-state index in [1.165, 1.54) is 4.90 Å². The topological polar surface area (TPSA) is 140 Å². The van der Waals surface area contributed by atoms with Crippen molar-refractivity contribution in [1.82, 2.24) is 15.0 Å². The molecule has 54 heavy (non-hydrogen) atoms. The summed E-state index contributed by atoms with van der Waals surface area (Å²) in [6, 6.07) is 22.5. The van der Waals surface area contributed by atoms with Crippen molar-refractivity contribution in [2.75, 3.05) is 47.6 Å². The quantitative estimate of drug-likeness (QED) is 0.150. The Morgan fingerprint density at radius 2 is 1.65 bits per heavy atom. The highest BCUT2D eigenvalue weighted by Crippen LogP contribution is 2.61. The number of hydrogen-bond acceptors (Lipinski definition) is 9. The summed E-state index contributed by atoms with van der Waals surface area (Å²) in [5.41, 5.74) is 2.67. The number of carbonyl (C=O) groups is 3. The number of rotatable bonds is 11. The van der Waals surface area contributed by atoms with Crippen LogP contribution in [0.1, 0.15) is 41.6 Å². The third kappa shape index (κ3) is 6.13. The second-order valence-electron chi connectivity index (χ2n) is 14.9. The van der Waals surface area contributed by atoms with Crippen molar-refractivity contribution < 1.29 is 37.8 Å². The predicted octanol–water partition coefficient (Wildman–Crippen LogP) is 5.73. The Kier molecular flexibility index (Phi) is 9.26. The van der Waals surface area contributed by atoms with Crippen molar-refractivity contribution in [3.63, 3.8) is 0 Å². The summed E-state index contributed by atoms with van der Waals surface area (Å²) in [5.74, 6) is -1.21. The third-order valence-corrected chi connectivity index (χ3v) is 13.7. The summed E-state index contributed by atoms with van der Waals surface area (Å²) < 4.78 is 35.7. The molecule has 0 aliphatic carbocycles. The molecule has 1 aromatic heterocycles. The van der Waals surface area contributed by atoms with Gasteiger partial charge in [-0.05, 0) is 61.0 Å². The van der Waals surface area contributed by atoms with E-state index in [9.17, 15) is 14.7 Å². The minimum atomic E-state index is -3.48. The lowest BCUT2D eigenvalue weighted by atomic mass is 9.82. The number of aliphatic hydroxyl groups excluding tert-OH is 1. The maximum atomic E-state index is 16.6. The van der Waals surface area contributed by atoms with Crippen LogP contribution in [0.15, 0.2) is 79.0 Å². The molecule has 1 N–H and O–H groups in total. The Bertz CT molecular complexity index is 2080. The number of halogens is 1. The summed E-state index contributed by atoms with van der Waals surface area (Å²) in [5, 5.41) is 18.9. The molecule has 1 unspecified atom stereocenters. The number of anilines is 3. The van der Waals surface area contributed by atoms with E-state index in [-0.39, 0.29) is 31.6 Å². The molecule has 5 atom stereocenters. The van der Waals surface area contributed by atoms with Crippen molar-refractivity contribution in [2.24, 2.45) is 5.92 Å². The van der Waals surface area contributed by atoms with Crippen molar-refractivity contribution in [3.8, 4) is 0 Å². The van der Waals surface area contributed by atoms with Crippen molar-refractivity contribution in [2.45, 2.75) is 62.7 Å². The van der Waals surface area contributed by atoms with E-state index in [4.69, 9.17) is 14.2 Å². The first-order valence-corrected chi connectivity index (χ1v) is 21.3. The number of aliphatic hydroxyl groups is 1. The Morgan fingerprint density at radius 1 is 0.944 bits per heavy atom. The van der Waals surface area contributed by atoms with Crippen LogP contribution < -0.4 is 14.7 Å². The number of carbonyl (C=O) groups excluding carboxylic acids is 3. The SMILES string of the molecule is C[C@H]1[C@H]([Si](C)(C)F)[C@@H](CCn2cc(C(CO)c3ccccc3)nn2)O[C@]12C(=O)N(Cc1cccc(N3CCOC3=O)c1)c1ccc(N3CCOC3=O)cc12. The van der Waals surface area contributed by atoms with Gasteiger partial charge in [0.15, 0.2) is 5.60 Å². The fraction of sp³-hybridized carbons (Fsp3) is 0.410. The lowest BCUT2D eigenvalue weighted by Crippen LogP contribution is -2.45. The van der Waals surface area contributed by atoms with E-state index < -0.39 is 43.8 Å². The smallest absolute Gasteiger partial charge is 0.414 e. The minimum absolute atomic E-state index is 0.136. The number of benzene rings is 3. The van der Waals surface area contributed by atoms with Gasteiger partial charge in [0, 0.05) is 41.1 Å². The van der Waals surface area contributed by atoms with Gasteiger partial charge >= 0.3 is 12.2 Å². The number of aryl methyl sites for hydroxylation is 1. The van der Waals surface area contributed by atoms with Crippen LogP contribution in [0, 0.1) is 5.92 Å². The summed E-state index contributed by atoms with van der Waals surface area (Å²) in [6.07, 6.45) is 0.632. The predicted molar refractivity (Wildman–Crippen MR) is 200 cm³/mol. The molecule has 13 nitrogen and oxygen atoms in total. The van der Waals surface area contributed by atoms with Crippen LogP contribution in [0.2, 0.25) is 18.6 Å². The molecule has 8 rings (SSSR count). The summed E-state index contributed by atoms with van der Waals surface area (Å²) >= 11 is 0. The van der Waals surface area contributed by atoms with Crippen LogP contribution in [0.5, 0.6) is 0 Å². The highest BCUT2D eigenvalue weighted by Gasteiger charge is 2.66. The monoisotopic (exact) mass is 754 g/mol. The first-order valence-electron chi connectivity index (χ1n) is 18.4. The molecule has 4 aliphatic heterocycles. The van der Waals surface area contributed by atoms with E-state index in [0.29, 0.717) is 61.0 Å². The molecular formula is C39H43FN6O7Si. The number of nitrogens with zero attached hydrogens (tertiary/aromatic N) is 6. The molecule has 3 fully saturated rings. The lowest BCUT2D eigenvalue weighted by molar-refractivity contribution is -0.146. The zero-order valence-electron chi connectivity index (χ0n) is 30.4. The maximum Gasteiger partial charge on any atom is 0.414 e.